The number of aromatic nitrogens is 2. The van der Waals surface area contributed by atoms with Crippen LogP contribution in [0.15, 0.2) is 30.3 Å². The highest BCUT2D eigenvalue weighted by molar-refractivity contribution is 5.62. The molecule has 0 aliphatic heterocycles. The molecule has 6 heteroatoms. The Morgan fingerprint density at radius 2 is 2.00 bits per heavy atom. The highest BCUT2D eigenvalue weighted by Crippen LogP contribution is 2.24. The fourth-order valence-electron chi connectivity index (χ4n) is 1.87. The van der Waals surface area contributed by atoms with Crippen LogP contribution in [0.25, 0.3) is 0 Å². The molecule has 0 unspecified atom stereocenters. The minimum absolute atomic E-state index is 0.351. The van der Waals surface area contributed by atoms with E-state index in [0.29, 0.717) is 18.0 Å². The standard InChI is InChI=1S/C15H17N5O/c1-17-13-8-15(19-14(18-13)10-21-3)20(2)12-6-4-11(9-16)5-7-12/h4-8H,10H2,1-3H3,(H,17,18,19). The summed E-state index contributed by atoms with van der Waals surface area (Å²) in [5.74, 6) is 2.10. The lowest BCUT2D eigenvalue weighted by molar-refractivity contribution is 0.178. The number of benzene rings is 1. The molecule has 0 atom stereocenters. The van der Waals surface area contributed by atoms with Crippen LogP contribution in [0.1, 0.15) is 11.4 Å². The average molecular weight is 283 g/mol. The Kier molecular flexibility index (Phi) is 4.69. The first kappa shape index (κ1) is 14.8. The molecule has 0 bridgehead atoms. The number of hydrogen-bond acceptors (Lipinski definition) is 6. The smallest absolute Gasteiger partial charge is 0.158 e. The predicted octanol–water partition coefficient (Wildman–Crippen LogP) is 2.30. The third kappa shape index (κ3) is 3.46. The highest BCUT2D eigenvalue weighted by atomic mass is 16.5. The maximum atomic E-state index is 8.84. The van der Waals surface area contributed by atoms with Gasteiger partial charge in [0.2, 0.25) is 0 Å². The Morgan fingerprint density at radius 3 is 2.57 bits per heavy atom. The first-order valence-electron chi connectivity index (χ1n) is 6.46. The number of rotatable bonds is 5. The summed E-state index contributed by atoms with van der Waals surface area (Å²) in [6.07, 6.45) is 0. The van der Waals surface area contributed by atoms with E-state index in [-0.39, 0.29) is 0 Å². The number of hydrogen-bond donors (Lipinski definition) is 1. The molecule has 0 aliphatic rings. The summed E-state index contributed by atoms with van der Waals surface area (Å²) in [5.41, 5.74) is 1.57. The van der Waals surface area contributed by atoms with Crippen molar-refractivity contribution in [1.29, 1.82) is 5.26 Å². The van der Waals surface area contributed by atoms with E-state index in [9.17, 15) is 0 Å². The minimum Gasteiger partial charge on any atom is -0.377 e. The van der Waals surface area contributed by atoms with Crippen molar-refractivity contribution in [3.63, 3.8) is 0 Å². The topological polar surface area (TPSA) is 74.1 Å². The van der Waals surface area contributed by atoms with Gasteiger partial charge in [0.1, 0.15) is 18.2 Å². The SMILES string of the molecule is CNc1cc(N(C)c2ccc(C#N)cc2)nc(COC)n1. The maximum Gasteiger partial charge on any atom is 0.158 e. The van der Waals surface area contributed by atoms with Gasteiger partial charge in [-0.2, -0.15) is 5.26 Å². The quantitative estimate of drug-likeness (QED) is 0.907. The van der Waals surface area contributed by atoms with E-state index in [4.69, 9.17) is 10.00 Å². The van der Waals surface area contributed by atoms with Crippen LogP contribution in [0, 0.1) is 11.3 Å². The minimum atomic E-state index is 0.351. The molecule has 2 rings (SSSR count). The van der Waals surface area contributed by atoms with Gasteiger partial charge < -0.3 is 15.0 Å². The van der Waals surface area contributed by atoms with Gasteiger partial charge in [0.15, 0.2) is 5.82 Å². The molecule has 0 saturated carbocycles. The maximum absolute atomic E-state index is 8.84. The Hall–Kier alpha value is -2.65. The van der Waals surface area contributed by atoms with E-state index in [0.717, 1.165) is 17.3 Å². The molecule has 6 nitrogen and oxygen atoms in total. The summed E-state index contributed by atoms with van der Waals surface area (Å²) < 4.78 is 5.09. The van der Waals surface area contributed by atoms with Crippen molar-refractivity contribution < 1.29 is 4.74 Å². The Morgan fingerprint density at radius 1 is 1.29 bits per heavy atom. The van der Waals surface area contributed by atoms with Crippen LogP contribution in [-0.2, 0) is 11.3 Å². The second-order valence-electron chi connectivity index (χ2n) is 4.43. The Balaban J connectivity index is 2.34. The van der Waals surface area contributed by atoms with E-state index in [2.05, 4.69) is 21.4 Å². The number of methoxy groups -OCH3 is 1. The summed E-state index contributed by atoms with van der Waals surface area (Å²) in [5, 5.41) is 11.9. The van der Waals surface area contributed by atoms with Crippen molar-refractivity contribution in [2.75, 3.05) is 31.4 Å². The number of ether oxygens (including phenoxy) is 1. The first-order chi connectivity index (χ1) is 10.2. The van der Waals surface area contributed by atoms with E-state index < -0.39 is 0 Å². The van der Waals surface area contributed by atoms with E-state index in [1.807, 2.05) is 37.2 Å². The Bertz CT molecular complexity index is 648. The van der Waals surface area contributed by atoms with Gasteiger partial charge in [0.25, 0.3) is 0 Å². The largest absolute Gasteiger partial charge is 0.377 e. The third-order valence-electron chi connectivity index (χ3n) is 3.02. The van der Waals surface area contributed by atoms with Crippen LogP contribution >= 0.6 is 0 Å². The highest BCUT2D eigenvalue weighted by Gasteiger charge is 2.10. The molecule has 1 aromatic heterocycles. The van der Waals surface area contributed by atoms with Crippen LogP contribution in [0.4, 0.5) is 17.3 Å². The lowest BCUT2D eigenvalue weighted by atomic mass is 10.2. The van der Waals surface area contributed by atoms with Crippen LogP contribution < -0.4 is 10.2 Å². The molecule has 1 N–H and O–H groups in total. The van der Waals surface area contributed by atoms with Crippen molar-refractivity contribution in [3.05, 3.63) is 41.7 Å². The molecule has 1 heterocycles. The van der Waals surface area contributed by atoms with E-state index in [1.54, 1.807) is 19.2 Å². The summed E-state index contributed by atoms with van der Waals surface area (Å²) >= 11 is 0. The fraction of sp³-hybridized carbons (Fsp3) is 0.267. The van der Waals surface area contributed by atoms with Crippen molar-refractivity contribution in [1.82, 2.24) is 9.97 Å². The molecular formula is C15H17N5O. The molecule has 21 heavy (non-hydrogen) atoms. The van der Waals surface area contributed by atoms with Crippen molar-refractivity contribution in [2.45, 2.75) is 6.61 Å². The Labute approximate surface area is 124 Å². The second kappa shape index (κ2) is 6.68. The normalized spacial score (nSPS) is 10.0. The van der Waals surface area contributed by atoms with Gasteiger partial charge >= 0.3 is 0 Å². The average Bonchev–Trinajstić information content (AvgIpc) is 2.54. The second-order valence-corrected chi connectivity index (χ2v) is 4.43. The van der Waals surface area contributed by atoms with Crippen molar-refractivity contribution in [3.8, 4) is 6.07 Å². The zero-order valence-electron chi connectivity index (χ0n) is 12.3. The number of nitriles is 1. The summed E-state index contributed by atoms with van der Waals surface area (Å²) in [6.45, 7) is 0.351. The summed E-state index contributed by atoms with van der Waals surface area (Å²) in [4.78, 5) is 10.7. The lowest BCUT2D eigenvalue weighted by Gasteiger charge is -2.19. The molecule has 1 aromatic carbocycles. The van der Waals surface area contributed by atoms with Crippen LogP contribution in [0.5, 0.6) is 0 Å². The summed E-state index contributed by atoms with van der Waals surface area (Å²) in [6, 6.07) is 11.3. The monoisotopic (exact) mass is 283 g/mol. The lowest BCUT2D eigenvalue weighted by Crippen LogP contribution is -2.14. The molecule has 0 radical (unpaired) electrons. The number of nitrogens with one attached hydrogen (secondary N) is 1. The third-order valence-corrected chi connectivity index (χ3v) is 3.02. The van der Waals surface area contributed by atoms with Gasteiger partial charge in [-0.1, -0.05) is 0 Å². The zero-order valence-corrected chi connectivity index (χ0v) is 12.3. The van der Waals surface area contributed by atoms with Gasteiger partial charge in [0, 0.05) is 33.0 Å². The van der Waals surface area contributed by atoms with Gasteiger partial charge in [-0.15, -0.1) is 0 Å². The molecule has 0 saturated heterocycles. The van der Waals surface area contributed by atoms with Crippen LogP contribution in [0.2, 0.25) is 0 Å². The van der Waals surface area contributed by atoms with Crippen LogP contribution in [-0.4, -0.2) is 31.2 Å². The predicted molar refractivity (Wildman–Crippen MR) is 81.5 cm³/mol. The molecule has 0 fully saturated rings. The van der Waals surface area contributed by atoms with Crippen LogP contribution in [0.3, 0.4) is 0 Å². The number of anilines is 3. The van der Waals surface area contributed by atoms with Gasteiger partial charge in [-0.25, -0.2) is 9.97 Å². The molecule has 2 aromatic rings. The zero-order chi connectivity index (χ0) is 15.2. The number of nitrogens with zero attached hydrogens (tertiary/aromatic N) is 4. The van der Waals surface area contributed by atoms with E-state index >= 15 is 0 Å². The first-order valence-corrected chi connectivity index (χ1v) is 6.46. The van der Waals surface area contributed by atoms with Gasteiger partial charge in [-0.05, 0) is 24.3 Å². The molecule has 108 valence electrons. The van der Waals surface area contributed by atoms with E-state index in [1.165, 1.54) is 0 Å². The van der Waals surface area contributed by atoms with Crippen molar-refractivity contribution in [2.24, 2.45) is 0 Å². The summed E-state index contributed by atoms with van der Waals surface area (Å²) in [7, 11) is 5.34. The van der Waals surface area contributed by atoms with Gasteiger partial charge in [0.05, 0.1) is 11.6 Å². The molecular weight excluding hydrogens is 266 g/mol. The van der Waals surface area contributed by atoms with Gasteiger partial charge in [-0.3, -0.25) is 0 Å². The molecule has 0 spiro atoms. The molecule has 0 aliphatic carbocycles. The fourth-order valence-corrected chi connectivity index (χ4v) is 1.87. The molecule has 0 amide bonds. The van der Waals surface area contributed by atoms with Crippen molar-refractivity contribution >= 4 is 17.3 Å².